The Hall–Kier alpha value is -2.74. The Balaban J connectivity index is 1.94. The van der Waals surface area contributed by atoms with Crippen molar-refractivity contribution in [1.82, 2.24) is 0 Å². The van der Waals surface area contributed by atoms with E-state index in [0.717, 1.165) is 0 Å². The highest BCUT2D eigenvalue weighted by molar-refractivity contribution is 5.64. The molecular formula is C27H32N2. The van der Waals surface area contributed by atoms with Gasteiger partial charge in [0.05, 0.1) is 12.1 Å². The molecule has 1 saturated heterocycles. The number of benzene rings is 3. The highest BCUT2D eigenvalue weighted by Crippen LogP contribution is 2.48. The second-order valence-electron chi connectivity index (χ2n) is 9.27. The number of nitrogens with zero attached hydrogens (tertiary/aromatic N) is 2. The van der Waals surface area contributed by atoms with Crippen molar-refractivity contribution in [3.8, 4) is 0 Å². The highest BCUT2D eigenvalue weighted by Gasteiger charge is 2.50. The first-order valence-electron chi connectivity index (χ1n) is 10.6. The van der Waals surface area contributed by atoms with E-state index >= 15 is 0 Å². The van der Waals surface area contributed by atoms with Gasteiger partial charge < -0.3 is 9.80 Å². The predicted molar refractivity (Wildman–Crippen MR) is 124 cm³/mol. The van der Waals surface area contributed by atoms with E-state index in [1.54, 1.807) is 0 Å². The lowest BCUT2D eigenvalue weighted by Crippen LogP contribution is -2.49. The summed E-state index contributed by atoms with van der Waals surface area (Å²) in [5, 5.41) is 0. The van der Waals surface area contributed by atoms with Crippen LogP contribution in [0.3, 0.4) is 0 Å². The average Bonchev–Trinajstić information content (AvgIpc) is 3.03. The van der Waals surface area contributed by atoms with E-state index in [1.807, 2.05) is 0 Å². The van der Waals surface area contributed by atoms with E-state index in [-0.39, 0.29) is 17.6 Å². The molecule has 0 spiro atoms. The Kier molecular flexibility index (Phi) is 5.12. The molecule has 1 heterocycles. The molecule has 3 atom stereocenters. The van der Waals surface area contributed by atoms with Gasteiger partial charge in [0.1, 0.15) is 6.17 Å². The molecule has 1 aliphatic rings. The standard InChI is InChI=1S/C27H32N2/c1-20-14-12-13-19-24(20)28-21(2)25(22-15-8-6-9-16-22)29(26(28)27(3,4)5)23-17-10-7-11-18-23/h6-19,21,25-26H,1-5H3/t21-,25?,26?/m0/s1. The molecule has 4 rings (SSSR count). The molecule has 0 aromatic heterocycles. The molecule has 29 heavy (non-hydrogen) atoms. The van der Waals surface area contributed by atoms with Crippen LogP contribution < -0.4 is 9.80 Å². The molecule has 0 saturated carbocycles. The number of aryl methyl sites for hydroxylation is 1. The van der Waals surface area contributed by atoms with Gasteiger partial charge in [0.15, 0.2) is 0 Å². The molecule has 1 fully saturated rings. The Morgan fingerprint density at radius 1 is 0.690 bits per heavy atom. The summed E-state index contributed by atoms with van der Waals surface area (Å²) in [6.45, 7) is 11.7. The van der Waals surface area contributed by atoms with Crippen molar-refractivity contribution < 1.29 is 0 Å². The minimum Gasteiger partial charge on any atom is -0.345 e. The van der Waals surface area contributed by atoms with Gasteiger partial charge in [-0.3, -0.25) is 0 Å². The molecule has 0 N–H and O–H groups in total. The van der Waals surface area contributed by atoms with Crippen molar-refractivity contribution in [3.63, 3.8) is 0 Å². The van der Waals surface area contributed by atoms with Gasteiger partial charge in [-0.25, -0.2) is 0 Å². The molecule has 3 aromatic carbocycles. The van der Waals surface area contributed by atoms with Gasteiger partial charge >= 0.3 is 0 Å². The Labute approximate surface area is 175 Å². The van der Waals surface area contributed by atoms with Crippen LogP contribution in [0.25, 0.3) is 0 Å². The van der Waals surface area contributed by atoms with E-state index in [1.165, 1.54) is 22.5 Å². The zero-order chi connectivity index (χ0) is 20.6. The van der Waals surface area contributed by atoms with Gasteiger partial charge in [0.2, 0.25) is 0 Å². The van der Waals surface area contributed by atoms with Crippen molar-refractivity contribution in [3.05, 3.63) is 96.1 Å². The first kappa shape index (κ1) is 19.6. The number of hydrogen-bond acceptors (Lipinski definition) is 2. The van der Waals surface area contributed by atoms with Crippen molar-refractivity contribution in [1.29, 1.82) is 0 Å². The Bertz CT molecular complexity index is 943. The van der Waals surface area contributed by atoms with Crippen LogP contribution in [0.15, 0.2) is 84.9 Å². The zero-order valence-electron chi connectivity index (χ0n) is 18.2. The summed E-state index contributed by atoms with van der Waals surface area (Å²) in [7, 11) is 0. The summed E-state index contributed by atoms with van der Waals surface area (Å²) < 4.78 is 0. The van der Waals surface area contributed by atoms with Gasteiger partial charge in [-0.15, -0.1) is 0 Å². The minimum atomic E-state index is 0.0654. The van der Waals surface area contributed by atoms with Gasteiger partial charge in [-0.05, 0) is 43.2 Å². The summed E-state index contributed by atoms with van der Waals surface area (Å²) in [5.74, 6) is 0. The summed E-state index contributed by atoms with van der Waals surface area (Å²) in [6, 6.07) is 31.3. The third-order valence-electron chi connectivity index (χ3n) is 6.09. The Morgan fingerprint density at radius 3 is 1.83 bits per heavy atom. The van der Waals surface area contributed by atoms with Gasteiger partial charge in [-0.2, -0.15) is 0 Å². The monoisotopic (exact) mass is 384 g/mol. The molecule has 1 aliphatic heterocycles. The molecule has 2 unspecified atom stereocenters. The van der Waals surface area contributed by atoms with Gasteiger partial charge in [0.25, 0.3) is 0 Å². The molecule has 0 amide bonds. The highest BCUT2D eigenvalue weighted by atomic mass is 15.5. The van der Waals surface area contributed by atoms with Crippen LogP contribution in [0, 0.1) is 12.3 Å². The van der Waals surface area contributed by atoms with Crippen LogP contribution in [-0.2, 0) is 0 Å². The van der Waals surface area contributed by atoms with Crippen molar-refractivity contribution >= 4 is 11.4 Å². The van der Waals surface area contributed by atoms with Crippen LogP contribution in [0.5, 0.6) is 0 Å². The average molecular weight is 385 g/mol. The van der Waals surface area contributed by atoms with Crippen LogP contribution >= 0.6 is 0 Å². The van der Waals surface area contributed by atoms with Crippen LogP contribution in [0.2, 0.25) is 0 Å². The number of rotatable bonds is 3. The van der Waals surface area contributed by atoms with Gasteiger partial charge in [-0.1, -0.05) is 87.5 Å². The van der Waals surface area contributed by atoms with E-state index in [9.17, 15) is 0 Å². The lowest BCUT2D eigenvalue weighted by atomic mass is 9.90. The zero-order valence-corrected chi connectivity index (χ0v) is 18.2. The predicted octanol–water partition coefficient (Wildman–Crippen LogP) is 6.82. The fraction of sp³-hybridized carbons (Fsp3) is 0.333. The molecule has 3 aromatic rings. The second kappa shape index (κ2) is 7.59. The van der Waals surface area contributed by atoms with Crippen LogP contribution in [0.1, 0.15) is 44.9 Å². The van der Waals surface area contributed by atoms with Crippen molar-refractivity contribution in [2.45, 2.75) is 52.9 Å². The smallest absolute Gasteiger partial charge is 0.107 e. The number of para-hydroxylation sites is 2. The summed E-state index contributed by atoms with van der Waals surface area (Å²) in [5.41, 5.74) is 5.38. The van der Waals surface area contributed by atoms with E-state index < -0.39 is 0 Å². The first-order chi connectivity index (χ1) is 13.9. The number of anilines is 2. The third kappa shape index (κ3) is 3.53. The lowest BCUT2D eigenvalue weighted by Gasteiger charge is -2.43. The van der Waals surface area contributed by atoms with Crippen molar-refractivity contribution in [2.75, 3.05) is 9.80 Å². The lowest BCUT2D eigenvalue weighted by molar-refractivity contribution is 0.316. The molecule has 150 valence electrons. The topological polar surface area (TPSA) is 6.48 Å². The largest absolute Gasteiger partial charge is 0.345 e. The maximum atomic E-state index is 2.65. The Morgan fingerprint density at radius 2 is 1.24 bits per heavy atom. The van der Waals surface area contributed by atoms with E-state index in [0.29, 0.717) is 6.04 Å². The van der Waals surface area contributed by atoms with Crippen molar-refractivity contribution in [2.24, 2.45) is 5.41 Å². The maximum Gasteiger partial charge on any atom is 0.107 e. The fourth-order valence-corrected chi connectivity index (χ4v) is 4.92. The third-order valence-corrected chi connectivity index (χ3v) is 6.09. The normalized spacial score (nSPS) is 22.2. The second-order valence-corrected chi connectivity index (χ2v) is 9.27. The summed E-state index contributed by atoms with van der Waals surface area (Å²) >= 11 is 0. The van der Waals surface area contributed by atoms with Crippen LogP contribution in [0.4, 0.5) is 11.4 Å². The van der Waals surface area contributed by atoms with Gasteiger partial charge in [0, 0.05) is 16.8 Å². The van der Waals surface area contributed by atoms with Crippen LogP contribution in [-0.4, -0.2) is 12.2 Å². The van der Waals surface area contributed by atoms with E-state index in [4.69, 9.17) is 0 Å². The molecule has 0 radical (unpaired) electrons. The SMILES string of the molecule is Cc1ccccc1N1C(C(C)(C)C)N(c2ccccc2)C(c2ccccc2)[C@@H]1C. The molecule has 0 bridgehead atoms. The minimum absolute atomic E-state index is 0.0654. The molecule has 2 nitrogen and oxygen atoms in total. The summed E-state index contributed by atoms with van der Waals surface area (Å²) in [6.07, 6.45) is 0.242. The number of hydrogen-bond donors (Lipinski definition) is 0. The van der Waals surface area contributed by atoms with E-state index in [2.05, 4.69) is 129 Å². The molecular weight excluding hydrogens is 352 g/mol. The maximum absolute atomic E-state index is 2.65. The molecule has 0 aliphatic carbocycles. The fourth-order valence-electron chi connectivity index (χ4n) is 4.92. The molecule has 2 heteroatoms. The summed E-state index contributed by atoms with van der Waals surface area (Å²) in [4.78, 5) is 5.30. The first-order valence-corrected chi connectivity index (χ1v) is 10.6. The quantitative estimate of drug-likeness (QED) is 0.488.